The van der Waals surface area contributed by atoms with E-state index in [2.05, 4.69) is 22.0 Å². The maximum absolute atomic E-state index is 10.8. The molecule has 0 unspecified atom stereocenters. The lowest BCUT2D eigenvalue weighted by molar-refractivity contribution is 0.160. The molecule has 33 heavy (non-hydrogen) atoms. The summed E-state index contributed by atoms with van der Waals surface area (Å²) in [4.78, 5) is 2.44. The highest BCUT2D eigenvalue weighted by atomic mass is 16.5. The van der Waals surface area contributed by atoms with E-state index in [1.165, 1.54) is 12.8 Å². The molecule has 2 N–H and O–H groups in total. The fraction of sp³-hybridized carbons (Fsp3) is 0.423. The van der Waals surface area contributed by atoms with Crippen molar-refractivity contribution in [3.05, 3.63) is 42.1 Å². The summed E-state index contributed by atoms with van der Waals surface area (Å²) in [6, 6.07) is 11.1. The topological polar surface area (TPSA) is 79.8 Å². The van der Waals surface area contributed by atoms with E-state index in [4.69, 9.17) is 14.2 Å². The van der Waals surface area contributed by atoms with Gasteiger partial charge in [-0.15, -0.1) is 0 Å². The van der Waals surface area contributed by atoms with E-state index >= 15 is 0 Å². The zero-order chi connectivity index (χ0) is 23.4. The summed E-state index contributed by atoms with van der Waals surface area (Å²) in [6.07, 6.45) is 2.50. The highest BCUT2D eigenvalue weighted by molar-refractivity contribution is 5.85. The van der Waals surface area contributed by atoms with E-state index in [9.17, 15) is 5.11 Å². The van der Waals surface area contributed by atoms with Crippen molar-refractivity contribution >= 4 is 0 Å². The molecule has 0 spiro atoms. The largest absolute Gasteiger partial charge is 0.507 e. The molecule has 1 aliphatic rings. The molecule has 0 radical (unpaired) electrons. The summed E-state index contributed by atoms with van der Waals surface area (Å²) in [7, 11) is 3.22. The predicted molar refractivity (Wildman–Crippen MR) is 129 cm³/mol. The van der Waals surface area contributed by atoms with Gasteiger partial charge in [-0.2, -0.15) is 5.10 Å². The van der Waals surface area contributed by atoms with Gasteiger partial charge in [0.1, 0.15) is 23.8 Å². The third-order valence-corrected chi connectivity index (χ3v) is 6.40. The third kappa shape index (κ3) is 5.09. The molecule has 1 aliphatic heterocycles. The number of rotatable bonds is 8. The van der Waals surface area contributed by atoms with Gasteiger partial charge in [-0.3, -0.25) is 10.00 Å². The lowest BCUT2D eigenvalue weighted by atomic mass is 9.98. The van der Waals surface area contributed by atoms with Gasteiger partial charge in [-0.1, -0.05) is 13.0 Å². The molecule has 1 fully saturated rings. The van der Waals surface area contributed by atoms with Gasteiger partial charge in [0, 0.05) is 29.4 Å². The van der Waals surface area contributed by atoms with Gasteiger partial charge in [0.05, 0.1) is 14.2 Å². The number of phenolic OH excluding ortho intramolecular Hbond substituents is 1. The molecule has 7 nitrogen and oxygen atoms in total. The number of likely N-dealkylation sites (tertiary alicyclic amines) is 1. The molecule has 2 aromatic carbocycles. The Bertz CT molecular complexity index is 1090. The first kappa shape index (κ1) is 23.0. The molecule has 0 amide bonds. The molecule has 1 aromatic heterocycles. The zero-order valence-electron chi connectivity index (χ0n) is 19.9. The molecule has 176 valence electrons. The predicted octanol–water partition coefficient (Wildman–Crippen LogP) is 4.89. The van der Waals surface area contributed by atoms with Gasteiger partial charge in [-0.25, -0.2) is 0 Å². The number of aromatic nitrogens is 2. The van der Waals surface area contributed by atoms with Crippen molar-refractivity contribution in [3.63, 3.8) is 0 Å². The highest BCUT2D eigenvalue weighted by Crippen LogP contribution is 2.41. The van der Waals surface area contributed by atoms with Crippen molar-refractivity contribution in [3.8, 4) is 45.4 Å². The Morgan fingerprint density at radius 3 is 2.52 bits per heavy atom. The molecular weight excluding hydrogens is 418 g/mol. The van der Waals surface area contributed by atoms with Gasteiger partial charge < -0.3 is 19.3 Å². The lowest BCUT2D eigenvalue weighted by Gasteiger charge is -2.29. The number of nitrogens with zero attached hydrogens (tertiary/aromatic N) is 2. The van der Waals surface area contributed by atoms with Gasteiger partial charge in [0.2, 0.25) is 0 Å². The number of phenols is 1. The Balaban J connectivity index is 1.51. The van der Waals surface area contributed by atoms with Crippen molar-refractivity contribution in [2.75, 3.05) is 40.5 Å². The number of hydrogen-bond donors (Lipinski definition) is 2. The van der Waals surface area contributed by atoms with Gasteiger partial charge in [-0.05, 0) is 68.6 Å². The fourth-order valence-electron chi connectivity index (χ4n) is 4.35. The number of piperidine rings is 1. The number of methoxy groups -OCH3 is 2. The van der Waals surface area contributed by atoms with E-state index < -0.39 is 0 Å². The average molecular weight is 452 g/mol. The van der Waals surface area contributed by atoms with Crippen LogP contribution >= 0.6 is 0 Å². The van der Waals surface area contributed by atoms with Crippen LogP contribution in [0.1, 0.15) is 25.5 Å². The summed E-state index contributed by atoms with van der Waals surface area (Å²) in [5, 5.41) is 18.3. The number of H-pyrrole nitrogens is 1. The molecule has 4 rings (SSSR count). The minimum absolute atomic E-state index is 0.132. The lowest BCUT2D eigenvalue weighted by Crippen LogP contribution is -2.35. The number of aromatic hydroxyl groups is 1. The molecule has 0 aliphatic carbocycles. The fourth-order valence-corrected chi connectivity index (χ4v) is 4.35. The van der Waals surface area contributed by atoms with Crippen LogP contribution in [0.2, 0.25) is 0 Å². The van der Waals surface area contributed by atoms with E-state index in [-0.39, 0.29) is 5.75 Å². The second-order valence-electron chi connectivity index (χ2n) is 8.69. The minimum Gasteiger partial charge on any atom is -0.507 e. The normalized spacial score (nSPS) is 14.9. The first-order valence-corrected chi connectivity index (χ1v) is 11.5. The molecule has 7 heteroatoms. The SMILES string of the molecule is COc1ccc(-c2c(-c3ccc(OCCN4CCC(C)CC4)cc3O)n[nH]c2C)cc1OC. The van der Waals surface area contributed by atoms with Crippen molar-refractivity contribution in [2.24, 2.45) is 5.92 Å². The van der Waals surface area contributed by atoms with E-state index in [1.807, 2.05) is 37.3 Å². The van der Waals surface area contributed by atoms with Crippen LogP contribution in [0.25, 0.3) is 22.4 Å². The van der Waals surface area contributed by atoms with Crippen molar-refractivity contribution < 1.29 is 19.3 Å². The van der Waals surface area contributed by atoms with Crippen molar-refractivity contribution in [2.45, 2.75) is 26.7 Å². The average Bonchev–Trinajstić information content (AvgIpc) is 3.21. The maximum atomic E-state index is 10.8. The first-order chi connectivity index (χ1) is 16.0. The van der Waals surface area contributed by atoms with Crippen LogP contribution in [0.15, 0.2) is 36.4 Å². The molecule has 0 saturated carbocycles. The number of benzene rings is 2. The number of aryl methyl sites for hydroxylation is 1. The van der Waals surface area contributed by atoms with Gasteiger partial charge in [0.25, 0.3) is 0 Å². The molecule has 1 saturated heterocycles. The minimum atomic E-state index is 0.132. The Kier molecular flexibility index (Phi) is 7.08. The number of hydrogen-bond acceptors (Lipinski definition) is 6. The standard InChI is InChI=1S/C26H33N3O4/c1-17-9-11-29(12-10-17)13-14-33-20-6-7-21(22(30)16-20)26-25(18(2)27-28-26)19-5-8-23(31-3)24(15-19)32-4/h5-8,15-17,30H,9-14H2,1-4H3,(H,27,28). The Labute approximate surface area is 195 Å². The maximum Gasteiger partial charge on any atom is 0.161 e. The smallest absolute Gasteiger partial charge is 0.161 e. The number of aromatic amines is 1. The Hall–Kier alpha value is -3.19. The first-order valence-electron chi connectivity index (χ1n) is 11.5. The van der Waals surface area contributed by atoms with Crippen LogP contribution in [0, 0.1) is 12.8 Å². The summed E-state index contributed by atoms with van der Waals surface area (Å²) in [6.45, 7) is 8.04. The van der Waals surface area contributed by atoms with E-state index in [0.29, 0.717) is 35.1 Å². The molecule has 3 aromatic rings. The molecule has 0 atom stereocenters. The van der Waals surface area contributed by atoms with E-state index in [1.54, 1.807) is 20.3 Å². The van der Waals surface area contributed by atoms with Crippen LogP contribution < -0.4 is 14.2 Å². The summed E-state index contributed by atoms with van der Waals surface area (Å²) < 4.78 is 16.7. The Morgan fingerprint density at radius 1 is 1.06 bits per heavy atom. The third-order valence-electron chi connectivity index (χ3n) is 6.40. The van der Waals surface area contributed by atoms with Gasteiger partial charge in [0.15, 0.2) is 11.5 Å². The van der Waals surface area contributed by atoms with Crippen LogP contribution in [0.3, 0.4) is 0 Å². The highest BCUT2D eigenvalue weighted by Gasteiger charge is 2.19. The second-order valence-corrected chi connectivity index (χ2v) is 8.69. The van der Waals surface area contributed by atoms with Crippen LogP contribution in [0.5, 0.6) is 23.0 Å². The molecule has 2 heterocycles. The van der Waals surface area contributed by atoms with Gasteiger partial charge >= 0.3 is 0 Å². The monoisotopic (exact) mass is 451 g/mol. The van der Waals surface area contributed by atoms with Crippen molar-refractivity contribution in [1.29, 1.82) is 0 Å². The van der Waals surface area contributed by atoms with Crippen LogP contribution in [-0.4, -0.2) is 60.7 Å². The Morgan fingerprint density at radius 2 is 1.82 bits per heavy atom. The molecule has 0 bridgehead atoms. The molecular formula is C26H33N3O4. The van der Waals surface area contributed by atoms with Crippen LogP contribution in [-0.2, 0) is 0 Å². The van der Waals surface area contributed by atoms with E-state index in [0.717, 1.165) is 42.4 Å². The summed E-state index contributed by atoms with van der Waals surface area (Å²) >= 11 is 0. The second kappa shape index (κ2) is 10.2. The van der Waals surface area contributed by atoms with Crippen LogP contribution in [0.4, 0.5) is 0 Å². The summed E-state index contributed by atoms with van der Waals surface area (Å²) in [5.74, 6) is 2.90. The summed E-state index contributed by atoms with van der Waals surface area (Å²) in [5.41, 5.74) is 4.03. The number of ether oxygens (including phenoxy) is 3. The van der Waals surface area contributed by atoms with Crippen molar-refractivity contribution in [1.82, 2.24) is 15.1 Å². The zero-order valence-corrected chi connectivity index (χ0v) is 19.9. The number of nitrogens with one attached hydrogen (secondary N) is 1. The quantitative estimate of drug-likeness (QED) is 0.508.